The number of hydrogen-bond donors (Lipinski definition) is 2. The number of aryl methyl sites for hydroxylation is 2. The van der Waals surface area contributed by atoms with Crippen LogP contribution in [-0.2, 0) is 6.18 Å². The maximum absolute atomic E-state index is 12.6. The van der Waals surface area contributed by atoms with Crippen LogP contribution in [0.3, 0.4) is 0 Å². The van der Waals surface area contributed by atoms with Gasteiger partial charge in [0, 0.05) is 11.3 Å². The van der Waals surface area contributed by atoms with Gasteiger partial charge in [0.2, 0.25) is 0 Å². The smallest absolute Gasteiger partial charge is 0.327 e. The molecule has 0 fully saturated rings. The number of benzene rings is 2. The van der Waals surface area contributed by atoms with Gasteiger partial charge < -0.3 is 10.6 Å². The summed E-state index contributed by atoms with van der Waals surface area (Å²) in [6.07, 6.45) is -4.40. The average Bonchev–Trinajstić information content (AvgIpc) is 2.55. The average molecular weight is 346 g/mol. The Kier molecular flexibility index (Phi) is 5.71. The van der Waals surface area contributed by atoms with Crippen molar-refractivity contribution in [2.24, 2.45) is 0 Å². The van der Waals surface area contributed by atoms with Crippen LogP contribution in [0.5, 0.6) is 0 Å². The number of carbonyl (C=O) groups excluding carboxylic acids is 1. The summed E-state index contributed by atoms with van der Waals surface area (Å²) in [5.74, 6) is 5.23. The van der Waals surface area contributed by atoms with E-state index in [0.717, 1.165) is 23.3 Å². The molecule has 2 rings (SSSR count). The van der Waals surface area contributed by atoms with Crippen molar-refractivity contribution in [2.75, 3.05) is 11.9 Å². The lowest BCUT2D eigenvalue weighted by molar-refractivity contribution is -0.137. The molecule has 0 unspecified atom stereocenters. The molecule has 6 heteroatoms. The van der Waals surface area contributed by atoms with Gasteiger partial charge in [0.25, 0.3) is 0 Å². The quantitative estimate of drug-likeness (QED) is 0.773. The van der Waals surface area contributed by atoms with Gasteiger partial charge in [-0.05, 0) is 55.3 Å². The third kappa shape index (κ3) is 5.57. The molecule has 2 aromatic rings. The van der Waals surface area contributed by atoms with Crippen LogP contribution < -0.4 is 10.6 Å². The van der Waals surface area contributed by atoms with Crippen LogP contribution in [0, 0.1) is 25.7 Å². The molecule has 0 radical (unpaired) electrons. The molecule has 2 N–H and O–H groups in total. The molecule has 0 saturated carbocycles. The Morgan fingerprint density at radius 1 is 1.08 bits per heavy atom. The third-order valence-electron chi connectivity index (χ3n) is 3.52. The molecule has 25 heavy (non-hydrogen) atoms. The lowest BCUT2D eigenvalue weighted by atomic mass is 10.1. The number of hydrogen-bond acceptors (Lipinski definition) is 1. The summed E-state index contributed by atoms with van der Waals surface area (Å²) in [6, 6.07) is 9.85. The second-order valence-corrected chi connectivity index (χ2v) is 5.49. The van der Waals surface area contributed by atoms with Gasteiger partial charge in [-0.1, -0.05) is 24.0 Å². The number of nitrogens with one attached hydrogen (secondary N) is 2. The van der Waals surface area contributed by atoms with Gasteiger partial charge in [-0.25, -0.2) is 4.79 Å². The summed E-state index contributed by atoms with van der Waals surface area (Å²) >= 11 is 0. The normalized spacial score (nSPS) is 10.6. The first-order valence-electron chi connectivity index (χ1n) is 7.54. The lowest BCUT2D eigenvalue weighted by Gasteiger charge is -2.07. The van der Waals surface area contributed by atoms with Crippen molar-refractivity contribution in [3.8, 4) is 11.8 Å². The minimum absolute atomic E-state index is 0.0208. The predicted octanol–water partition coefficient (Wildman–Crippen LogP) is 4.50. The number of amides is 2. The first kappa shape index (κ1) is 18.4. The van der Waals surface area contributed by atoms with Gasteiger partial charge in [0.1, 0.15) is 0 Å². The maximum Gasteiger partial charge on any atom is 0.416 e. The Balaban J connectivity index is 1.89. The molecule has 0 heterocycles. The van der Waals surface area contributed by atoms with Gasteiger partial charge in [-0.2, -0.15) is 13.2 Å². The summed E-state index contributed by atoms with van der Waals surface area (Å²) in [5.41, 5.74) is 2.33. The van der Waals surface area contributed by atoms with E-state index < -0.39 is 17.8 Å². The van der Waals surface area contributed by atoms with E-state index in [-0.39, 0.29) is 12.1 Å². The molecule has 0 aromatic heterocycles. The van der Waals surface area contributed by atoms with E-state index in [1.807, 2.05) is 26.0 Å². The van der Waals surface area contributed by atoms with Gasteiger partial charge in [0.05, 0.1) is 12.1 Å². The van der Waals surface area contributed by atoms with Crippen LogP contribution in [0.4, 0.5) is 23.7 Å². The molecule has 0 saturated heterocycles. The predicted molar refractivity (Wildman–Crippen MR) is 91.3 cm³/mol. The summed E-state index contributed by atoms with van der Waals surface area (Å²) in [5, 5.41) is 5.21. The molecule has 2 amide bonds. The number of halogens is 3. The van der Waals surface area contributed by atoms with Gasteiger partial charge in [0.15, 0.2) is 0 Å². The molecule has 0 bridgehead atoms. The fraction of sp³-hybridized carbons (Fsp3) is 0.211. The van der Waals surface area contributed by atoms with E-state index in [1.54, 1.807) is 6.07 Å². The van der Waals surface area contributed by atoms with Crippen molar-refractivity contribution < 1.29 is 18.0 Å². The lowest BCUT2D eigenvalue weighted by Crippen LogP contribution is -2.28. The Hall–Kier alpha value is -2.94. The Labute approximate surface area is 144 Å². The van der Waals surface area contributed by atoms with Gasteiger partial charge in [-0.15, -0.1) is 0 Å². The maximum atomic E-state index is 12.6. The summed E-state index contributed by atoms with van der Waals surface area (Å²) in [6.45, 7) is 3.94. The van der Waals surface area contributed by atoms with E-state index in [9.17, 15) is 18.0 Å². The molecule has 3 nitrogen and oxygen atoms in total. The van der Waals surface area contributed by atoms with Crippen LogP contribution in [-0.4, -0.2) is 12.6 Å². The molecule has 0 aliphatic heterocycles. The van der Waals surface area contributed by atoms with E-state index >= 15 is 0 Å². The molecule has 0 aliphatic carbocycles. The minimum Gasteiger partial charge on any atom is -0.327 e. The zero-order valence-electron chi connectivity index (χ0n) is 13.8. The Morgan fingerprint density at radius 3 is 2.52 bits per heavy atom. The zero-order valence-corrected chi connectivity index (χ0v) is 13.8. The Bertz CT molecular complexity index is 833. The number of urea groups is 1. The fourth-order valence-corrected chi connectivity index (χ4v) is 2.04. The van der Waals surface area contributed by atoms with Crippen molar-refractivity contribution >= 4 is 11.7 Å². The highest BCUT2D eigenvalue weighted by molar-refractivity contribution is 5.89. The summed E-state index contributed by atoms with van der Waals surface area (Å²) in [4.78, 5) is 11.8. The molecule has 2 aromatic carbocycles. The van der Waals surface area contributed by atoms with Crippen molar-refractivity contribution in [3.63, 3.8) is 0 Å². The van der Waals surface area contributed by atoms with Crippen molar-refractivity contribution in [3.05, 3.63) is 64.7 Å². The number of carbonyl (C=O) groups is 1. The fourth-order valence-electron chi connectivity index (χ4n) is 2.04. The monoisotopic (exact) mass is 346 g/mol. The zero-order chi connectivity index (χ0) is 18.4. The van der Waals surface area contributed by atoms with E-state index in [2.05, 4.69) is 22.5 Å². The van der Waals surface area contributed by atoms with Crippen molar-refractivity contribution in [1.82, 2.24) is 5.32 Å². The van der Waals surface area contributed by atoms with Crippen LogP contribution >= 0.6 is 0 Å². The van der Waals surface area contributed by atoms with Crippen LogP contribution in [0.1, 0.15) is 22.3 Å². The van der Waals surface area contributed by atoms with Gasteiger partial charge >= 0.3 is 12.2 Å². The first-order valence-corrected chi connectivity index (χ1v) is 7.54. The highest BCUT2D eigenvalue weighted by atomic mass is 19.4. The molecule has 0 atom stereocenters. The van der Waals surface area contributed by atoms with Crippen LogP contribution in [0.15, 0.2) is 42.5 Å². The molecular formula is C19H17F3N2O. The summed E-state index contributed by atoms with van der Waals surface area (Å²) < 4.78 is 37.8. The second-order valence-electron chi connectivity index (χ2n) is 5.49. The molecule has 0 spiro atoms. The third-order valence-corrected chi connectivity index (χ3v) is 3.52. The van der Waals surface area contributed by atoms with Crippen LogP contribution in [0.2, 0.25) is 0 Å². The largest absolute Gasteiger partial charge is 0.416 e. The van der Waals surface area contributed by atoms with E-state index in [1.165, 1.54) is 12.1 Å². The van der Waals surface area contributed by atoms with Gasteiger partial charge in [-0.3, -0.25) is 0 Å². The highest BCUT2D eigenvalue weighted by Crippen LogP contribution is 2.29. The van der Waals surface area contributed by atoms with E-state index in [4.69, 9.17) is 0 Å². The molecular weight excluding hydrogens is 329 g/mol. The highest BCUT2D eigenvalue weighted by Gasteiger charge is 2.30. The Morgan fingerprint density at radius 2 is 1.84 bits per heavy atom. The summed E-state index contributed by atoms with van der Waals surface area (Å²) in [7, 11) is 0. The number of alkyl halides is 3. The number of rotatable bonds is 2. The minimum atomic E-state index is -4.40. The topological polar surface area (TPSA) is 41.1 Å². The second kappa shape index (κ2) is 7.75. The standard InChI is InChI=1S/C19H17F3N2O/c1-13-8-9-17(11-14(13)2)24-18(25)23-10-4-6-15-5-3-7-16(12-15)19(20,21)22/h3,5,7-9,11-12H,10H2,1-2H3,(H2,23,24,25). The molecule has 0 aliphatic rings. The van der Waals surface area contributed by atoms with E-state index in [0.29, 0.717) is 5.69 Å². The number of anilines is 1. The SMILES string of the molecule is Cc1ccc(NC(=O)NCC#Cc2cccc(C(F)(F)F)c2)cc1C. The van der Waals surface area contributed by atoms with Crippen LogP contribution in [0.25, 0.3) is 0 Å². The van der Waals surface area contributed by atoms with Crippen molar-refractivity contribution in [2.45, 2.75) is 20.0 Å². The van der Waals surface area contributed by atoms with Crippen molar-refractivity contribution in [1.29, 1.82) is 0 Å². The molecule has 130 valence electrons. The first-order chi connectivity index (χ1) is 11.8.